The fraction of sp³-hybridized carbons (Fsp3) is 0.200. The maximum absolute atomic E-state index is 13.8. The monoisotopic (exact) mass is 323 g/mol. The van der Waals surface area contributed by atoms with Crippen molar-refractivity contribution in [1.29, 1.82) is 0 Å². The lowest BCUT2D eigenvalue weighted by molar-refractivity contribution is 0.460. The topological polar surface area (TPSA) is 35.2 Å². The van der Waals surface area contributed by atoms with Gasteiger partial charge in [-0.15, -0.1) is 0 Å². The highest BCUT2D eigenvalue weighted by molar-refractivity contribution is 9.10. The average Bonchev–Trinajstić information content (AvgIpc) is 2.33. The number of hydrogen-bond acceptors (Lipinski definition) is 2. The van der Waals surface area contributed by atoms with Crippen molar-refractivity contribution in [2.45, 2.75) is 19.9 Å². The van der Waals surface area contributed by atoms with Gasteiger partial charge in [-0.1, -0.05) is 22.0 Å². The van der Waals surface area contributed by atoms with E-state index in [1.54, 1.807) is 19.1 Å². The Hall–Kier alpha value is -1.39. The van der Waals surface area contributed by atoms with Gasteiger partial charge in [-0.3, -0.25) is 0 Å². The molecule has 0 bridgehead atoms. The second-order valence-electron chi connectivity index (χ2n) is 4.45. The molecule has 19 heavy (non-hydrogen) atoms. The van der Waals surface area contributed by atoms with E-state index < -0.39 is 6.04 Å². The first-order valence-electron chi connectivity index (χ1n) is 5.97. The summed E-state index contributed by atoms with van der Waals surface area (Å²) in [6.07, 6.45) is 0. The zero-order valence-corrected chi connectivity index (χ0v) is 12.4. The predicted molar refractivity (Wildman–Crippen MR) is 78.0 cm³/mol. The quantitative estimate of drug-likeness (QED) is 0.887. The van der Waals surface area contributed by atoms with Crippen molar-refractivity contribution in [1.82, 2.24) is 0 Å². The van der Waals surface area contributed by atoms with E-state index in [4.69, 9.17) is 10.5 Å². The van der Waals surface area contributed by atoms with E-state index in [-0.39, 0.29) is 5.82 Å². The maximum Gasteiger partial charge on any atom is 0.135 e. The summed E-state index contributed by atoms with van der Waals surface area (Å²) >= 11 is 3.43. The summed E-state index contributed by atoms with van der Waals surface area (Å²) in [5.41, 5.74) is 7.24. The molecule has 2 aromatic rings. The van der Waals surface area contributed by atoms with Crippen LogP contribution in [0.2, 0.25) is 0 Å². The second-order valence-corrected chi connectivity index (χ2v) is 5.31. The van der Waals surface area contributed by atoms with Gasteiger partial charge in [0.1, 0.15) is 17.3 Å². The minimum Gasteiger partial charge on any atom is -0.457 e. The van der Waals surface area contributed by atoms with E-state index >= 15 is 0 Å². The van der Waals surface area contributed by atoms with Crippen LogP contribution in [0.5, 0.6) is 11.5 Å². The number of halogens is 2. The van der Waals surface area contributed by atoms with Crippen LogP contribution in [-0.2, 0) is 0 Å². The van der Waals surface area contributed by atoms with Crippen LogP contribution in [0.4, 0.5) is 4.39 Å². The van der Waals surface area contributed by atoms with Crippen molar-refractivity contribution < 1.29 is 9.13 Å². The molecular formula is C15H15BrFNO. The highest BCUT2D eigenvalue weighted by Crippen LogP contribution is 2.32. The number of rotatable bonds is 3. The number of benzene rings is 2. The van der Waals surface area contributed by atoms with Crippen LogP contribution < -0.4 is 10.5 Å². The third kappa shape index (κ3) is 3.14. The third-order valence-electron chi connectivity index (χ3n) is 2.83. The first kappa shape index (κ1) is 14.0. The number of ether oxygens (including phenoxy) is 1. The molecule has 2 aromatic carbocycles. The van der Waals surface area contributed by atoms with Gasteiger partial charge in [0, 0.05) is 16.1 Å². The van der Waals surface area contributed by atoms with E-state index in [0.717, 1.165) is 10.0 Å². The fourth-order valence-corrected chi connectivity index (χ4v) is 2.10. The highest BCUT2D eigenvalue weighted by Gasteiger charge is 2.14. The van der Waals surface area contributed by atoms with Crippen molar-refractivity contribution in [3.05, 3.63) is 57.8 Å². The van der Waals surface area contributed by atoms with Gasteiger partial charge >= 0.3 is 0 Å². The van der Waals surface area contributed by atoms with Crippen LogP contribution in [0.1, 0.15) is 24.1 Å². The van der Waals surface area contributed by atoms with E-state index in [0.29, 0.717) is 17.1 Å². The summed E-state index contributed by atoms with van der Waals surface area (Å²) in [5.74, 6) is 0.770. The summed E-state index contributed by atoms with van der Waals surface area (Å²) in [4.78, 5) is 0. The summed E-state index contributed by atoms with van der Waals surface area (Å²) < 4.78 is 20.5. The SMILES string of the molecule is Cc1cc(Oc2cccc(F)c2[C@H](C)N)ccc1Br. The van der Waals surface area contributed by atoms with E-state index in [9.17, 15) is 4.39 Å². The Kier molecular flexibility index (Phi) is 4.22. The Morgan fingerprint density at radius 2 is 2.00 bits per heavy atom. The molecule has 0 amide bonds. The molecule has 0 heterocycles. The average molecular weight is 324 g/mol. The molecule has 4 heteroatoms. The van der Waals surface area contributed by atoms with Crippen molar-refractivity contribution in [3.8, 4) is 11.5 Å². The lowest BCUT2D eigenvalue weighted by Crippen LogP contribution is -2.09. The Balaban J connectivity index is 2.38. The second kappa shape index (κ2) is 5.72. The largest absolute Gasteiger partial charge is 0.457 e. The Labute approximate surface area is 120 Å². The third-order valence-corrected chi connectivity index (χ3v) is 3.72. The fourth-order valence-electron chi connectivity index (χ4n) is 1.86. The maximum atomic E-state index is 13.8. The first-order chi connectivity index (χ1) is 8.99. The van der Waals surface area contributed by atoms with E-state index in [1.807, 2.05) is 25.1 Å². The minimum absolute atomic E-state index is 0.346. The molecule has 2 N–H and O–H groups in total. The molecule has 1 atom stereocenters. The van der Waals surface area contributed by atoms with Crippen LogP contribution in [0.25, 0.3) is 0 Å². The Morgan fingerprint density at radius 3 is 2.63 bits per heavy atom. The van der Waals surface area contributed by atoms with Crippen molar-refractivity contribution in [3.63, 3.8) is 0 Å². The van der Waals surface area contributed by atoms with Gasteiger partial charge < -0.3 is 10.5 Å². The minimum atomic E-state index is -0.423. The smallest absolute Gasteiger partial charge is 0.135 e. The van der Waals surface area contributed by atoms with Crippen molar-refractivity contribution >= 4 is 15.9 Å². The summed E-state index contributed by atoms with van der Waals surface area (Å²) in [6, 6.07) is 9.91. The predicted octanol–water partition coefficient (Wildman–Crippen LogP) is 4.71. The molecule has 0 unspecified atom stereocenters. The van der Waals surface area contributed by atoms with Crippen LogP contribution in [-0.4, -0.2) is 0 Å². The molecule has 0 aromatic heterocycles. The molecular weight excluding hydrogens is 309 g/mol. The lowest BCUT2D eigenvalue weighted by atomic mass is 10.1. The summed E-state index contributed by atoms with van der Waals surface area (Å²) in [7, 11) is 0. The molecule has 2 rings (SSSR count). The Morgan fingerprint density at radius 1 is 1.26 bits per heavy atom. The van der Waals surface area contributed by atoms with Crippen LogP contribution in [0.15, 0.2) is 40.9 Å². The van der Waals surface area contributed by atoms with Gasteiger partial charge in [-0.25, -0.2) is 4.39 Å². The molecule has 0 radical (unpaired) electrons. The van der Waals surface area contributed by atoms with Gasteiger partial charge in [-0.05, 0) is 49.7 Å². The number of nitrogens with two attached hydrogens (primary N) is 1. The standard InChI is InChI=1S/C15H15BrFNO/c1-9-8-11(6-7-12(9)16)19-14-5-3-4-13(17)15(14)10(2)18/h3-8,10H,18H2,1-2H3/t10-/m0/s1. The molecule has 0 aliphatic rings. The molecule has 0 spiro atoms. The van der Waals surface area contributed by atoms with Gasteiger partial charge in [0.2, 0.25) is 0 Å². The molecule has 0 aliphatic carbocycles. The van der Waals surface area contributed by atoms with E-state index in [2.05, 4.69) is 15.9 Å². The lowest BCUT2D eigenvalue weighted by Gasteiger charge is -2.15. The van der Waals surface area contributed by atoms with Gasteiger partial charge in [0.05, 0.1) is 0 Å². The zero-order valence-electron chi connectivity index (χ0n) is 10.8. The molecule has 0 saturated carbocycles. The number of aryl methyl sites for hydroxylation is 1. The molecule has 0 saturated heterocycles. The van der Waals surface area contributed by atoms with E-state index in [1.165, 1.54) is 6.07 Å². The van der Waals surface area contributed by atoms with Gasteiger partial charge in [0.25, 0.3) is 0 Å². The molecule has 0 aliphatic heterocycles. The van der Waals surface area contributed by atoms with Gasteiger partial charge in [-0.2, -0.15) is 0 Å². The van der Waals surface area contributed by atoms with Crippen LogP contribution in [0, 0.1) is 12.7 Å². The molecule has 2 nitrogen and oxygen atoms in total. The normalized spacial score (nSPS) is 12.3. The Bertz CT molecular complexity index is 599. The molecule has 0 fully saturated rings. The molecule has 100 valence electrons. The highest BCUT2D eigenvalue weighted by atomic mass is 79.9. The van der Waals surface area contributed by atoms with Crippen LogP contribution >= 0.6 is 15.9 Å². The number of hydrogen-bond donors (Lipinski definition) is 1. The van der Waals surface area contributed by atoms with Crippen molar-refractivity contribution in [2.24, 2.45) is 5.73 Å². The van der Waals surface area contributed by atoms with Gasteiger partial charge in [0.15, 0.2) is 0 Å². The van der Waals surface area contributed by atoms with Crippen LogP contribution in [0.3, 0.4) is 0 Å². The zero-order chi connectivity index (χ0) is 14.0. The van der Waals surface area contributed by atoms with Crippen molar-refractivity contribution in [2.75, 3.05) is 0 Å². The summed E-state index contributed by atoms with van der Waals surface area (Å²) in [5, 5.41) is 0. The summed E-state index contributed by atoms with van der Waals surface area (Å²) in [6.45, 7) is 3.70. The first-order valence-corrected chi connectivity index (χ1v) is 6.76.